The van der Waals surface area contributed by atoms with Crippen LogP contribution in [-0.2, 0) is 22.7 Å². The molecule has 0 saturated carbocycles. The Hall–Kier alpha value is -4.81. The van der Waals surface area contributed by atoms with Crippen LogP contribution in [0.4, 0.5) is 13.2 Å². The molecule has 2 aromatic carbocycles. The van der Waals surface area contributed by atoms with E-state index < -0.39 is 58.4 Å². The van der Waals surface area contributed by atoms with Gasteiger partial charge in [0.05, 0.1) is 13.2 Å². The number of nitrogens with zero attached hydrogens (tertiary/aromatic N) is 3. The number of pyridine rings is 1. The molecule has 0 spiro atoms. The zero-order chi connectivity index (χ0) is 30.7. The second kappa shape index (κ2) is 12.6. The number of oxime groups is 1. The highest BCUT2D eigenvalue weighted by Gasteiger charge is 2.39. The molecular weight excluding hydrogens is 569 g/mol. The van der Waals surface area contributed by atoms with E-state index >= 15 is 0 Å². The summed E-state index contributed by atoms with van der Waals surface area (Å²) in [6, 6.07) is 9.10. The Bertz CT molecular complexity index is 1610. The number of hydrogen-bond donors (Lipinski definition) is 1. The Morgan fingerprint density at radius 1 is 1.14 bits per heavy atom. The first-order valence-corrected chi connectivity index (χ1v) is 13.6. The number of benzene rings is 2. The number of rotatable bonds is 6. The second-order valence-electron chi connectivity index (χ2n) is 10.2. The van der Waals surface area contributed by atoms with Crippen LogP contribution in [0.5, 0.6) is 5.75 Å². The number of amides is 2. The number of carbonyl (C=O) groups excluding carboxylic acids is 2. The smallest absolute Gasteiger partial charge is 0.274 e. The topological polar surface area (TPSA) is 111 Å². The standard InChI is InChI=1S/C30H29F3N4O6/c1-17-8-9-43-35-25(41-2)12-20-14-36(17)30(40)26-28(42-16-18-6-4-3-5-7-18)27(38)22(15-37(20)26)29(39)34-13-21-23(32)10-19(31)11-24(21)33/h3-7,10-11,15,17,20H,8-9,12-14,16H2,1-2H3,(H,34,39)/b35-25+/t17-,20-/m0/s1. The lowest BCUT2D eigenvalue weighted by molar-refractivity contribution is 0.0476. The van der Waals surface area contributed by atoms with Crippen molar-refractivity contribution in [2.24, 2.45) is 5.16 Å². The fraction of sp³-hybridized carbons (Fsp3) is 0.333. The average molecular weight is 599 g/mol. The number of aromatic nitrogens is 1. The van der Waals surface area contributed by atoms with Crippen molar-refractivity contribution in [2.45, 2.75) is 45.0 Å². The van der Waals surface area contributed by atoms with Crippen LogP contribution in [0.3, 0.4) is 0 Å². The molecule has 3 aromatic rings. The lowest BCUT2D eigenvalue weighted by Gasteiger charge is -2.40. The maximum absolute atomic E-state index is 14.2. The summed E-state index contributed by atoms with van der Waals surface area (Å²) in [7, 11) is 1.43. The third-order valence-electron chi connectivity index (χ3n) is 7.43. The van der Waals surface area contributed by atoms with Crippen LogP contribution in [0, 0.1) is 17.5 Å². The van der Waals surface area contributed by atoms with E-state index in [4.69, 9.17) is 14.3 Å². The van der Waals surface area contributed by atoms with E-state index in [1.54, 1.807) is 29.2 Å². The third kappa shape index (κ3) is 6.20. The second-order valence-corrected chi connectivity index (χ2v) is 10.2. The third-order valence-corrected chi connectivity index (χ3v) is 7.43. The molecule has 2 bridgehead atoms. The molecule has 0 aliphatic carbocycles. The predicted octanol–water partition coefficient (Wildman–Crippen LogP) is 3.93. The Morgan fingerprint density at radius 3 is 2.56 bits per heavy atom. The van der Waals surface area contributed by atoms with Crippen molar-refractivity contribution in [3.8, 4) is 5.75 Å². The Kier molecular flexibility index (Phi) is 8.69. The SMILES string of the molecule is CO/C1=N/OCC[C@H](C)N2C[C@H](C1)n1cc(C(=O)NCc3c(F)cc(F)cc3F)c(=O)c(OCc3ccccc3)c1C2=O. The minimum Gasteiger partial charge on any atom is -0.483 e. The lowest BCUT2D eigenvalue weighted by Crippen LogP contribution is -2.50. The maximum atomic E-state index is 14.2. The van der Waals surface area contributed by atoms with Crippen molar-refractivity contribution in [3.05, 3.63) is 98.7 Å². The van der Waals surface area contributed by atoms with Gasteiger partial charge in [-0.1, -0.05) is 35.5 Å². The summed E-state index contributed by atoms with van der Waals surface area (Å²) in [4.78, 5) is 48.0. The zero-order valence-corrected chi connectivity index (χ0v) is 23.4. The molecule has 1 aromatic heterocycles. The molecule has 0 radical (unpaired) electrons. The first-order chi connectivity index (χ1) is 20.7. The molecule has 2 atom stereocenters. The van der Waals surface area contributed by atoms with Gasteiger partial charge in [0.15, 0.2) is 11.4 Å². The Balaban J connectivity index is 1.59. The van der Waals surface area contributed by atoms with Crippen molar-refractivity contribution >= 4 is 17.7 Å². The molecule has 5 rings (SSSR count). The van der Waals surface area contributed by atoms with Gasteiger partial charge in [-0.3, -0.25) is 14.4 Å². The molecule has 1 N–H and O–H groups in total. The number of methoxy groups -OCH3 is 1. The molecule has 0 fully saturated rings. The van der Waals surface area contributed by atoms with Gasteiger partial charge in [0.2, 0.25) is 11.3 Å². The fourth-order valence-corrected chi connectivity index (χ4v) is 5.07. The minimum absolute atomic E-state index is 0.0480. The highest BCUT2D eigenvalue weighted by Crippen LogP contribution is 2.32. The van der Waals surface area contributed by atoms with Crippen LogP contribution in [-0.4, -0.2) is 53.5 Å². The van der Waals surface area contributed by atoms with Gasteiger partial charge in [-0.15, -0.1) is 0 Å². The summed E-state index contributed by atoms with van der Waals surface area (Å²) in [6.45, 7) is 1.56. The molecule has 3 heterocycles. The van der Waals surface area contributed by atoms with E-state index in [0.717, 1.165) is 0 Å². The van der Waals surface area contributed by atoms with Crippen LogP contribution in [0.15, 0.2) is 58.6 Å². The van der Waals surface area contributed by atoms with Gasteiger partial charge in [0, 0.05) is 55.9 Å². The summed E-state index contributed by atoms with van der Waals surface area (Å²) >= 11 is 0. The lowest BCUT2D eigenvalue weighted by atomic mass is 10.0. The molecule has 43 heavy (non-hydrogen) atoms. The minimum atomic E-state index is -1.19. The summed E-state index contributed by atoms with van der Waals surface area (Å²) in [5.41, 5.74) is -1.22. The number of ether oxygens (including phenoxy) is 2. The van der Waals surface area contributed by atoms with Crippen molar-refractivity contribution in [1.82, 2.24) is 14.8 Å². The van der Waals surface area contributed by atoms with E-state index in [1.807, 2.05) is 13.0 Å². The molecule has 2 aliphatic heterocycles. The summed E-state index contributed by atoms with van der Waals surface area (Å²) in [5.74, 6) is -5.04. The largest absolute Gasteiger partial charge is 0.483 e. The molecule has 2 amide bonds. The van der Waals surface area contributed by atoms with Gasteiger partial charge >= 0.3 is 0 Å². The quantitative estimate of drug-likeness (QED) is 0.461. The van der Waals surface area contributed by atoms with Crippen molar-refractivity contribution in [2.75, 3.05) is 20.3 Å². The van der Waals surface area contributed by atoms with Crippen LogP contribution in [0.1, 0.15) is 57.8 Å². The number of hydrogen-bond acceptors (Lipinski definition) is 7. The zero-order valence-electron chi connectivity index (χ0n) is 23.4. The van der Waals surface area contributed by atoms with Crippen LogP contribution in [0.25, 0.3) is 0 Å². The van der Waals surface area contributed by atoms with E-state index in [-0.39, 0.29) is 49.6 Å². The highest BCUT2D eigenvalue weighted by atomic mass is 19.1. The number of carbonyl (C=O) groups is 2. The number of fused-ring (bicyclic) bond motifs is 4. The molecule has 2 aliphatic rings. The van der Waals surface area contributed by atoms with Crippen LogP contribution in [0.2, 0.25) is 0 Å². The highest BCUT2D eigenvalue weighted by molar-refractivity contribution is 5.99. The first-order valence-electron chi connectivity index (χ1n) is 13.6. The molecule has 226 valence electrons. The number of halogens is 3. The molecular formula is C30H29F3N4O6. The van der Waals surface area contributed by atoms with E-state index in [2.05, 4.69) is 10.5 Å². The van der Waals surface area contributed by atoms with Crippen LogP contribution < -0.4 is 15.5 Å². The summed E-state index contributed by atoms with van der Waals surface area (Å²) in [5, 5.41) is 6.37. The summed E-state index contributed by atoms with van der Waals surface area (Å²) in [6.07, 6.45) is 1.83. The molecule has 10 nitrogen and oxygen atoms in total. The van der Waals surface area contributed by atoms with Gasteiger partial charge in [0.1, 0.15) is 36.2 Å². The Labute approximate surface area is 244 Å². The normalized spacial score (nSPS) is 19.4. The van der Waals surface area contributed by atoms with Crippen molar-refractivity contribution < 1.29 is 37.1 Å². The molecule has 0 unspecified atom stereocenters. The maximum Gasteiger partial charge on any atom is 0.274 e. The van der Waals surface area contributed by atoms with Gasteiger partial charge in [-0.2, -0.15) is 0 Å². The fourth-order valence-electron chi connectivity index (χ4n) is 5.07. The average Bonchev–Trinajstić information content (AvgIpc) is 2.98. The van der Waals surface area contributed by atoms with Gasteiger partial charge in [-0.25, -0.2) is 13.2 Å². The Morgan fingerprint density at radius 2 is 1.86 bits per heavy atom. The molecule has 13 heteroatoms. The van der Waals surface area contributed by atoms with Crippen molar-refractivity contribution in [3.63, 3.8) is 0 Å². The first kappa shape index (κ1) is 29.7. The van der Waals surface area contributed by atoms with Crippen molar-refractivity contribution in [1.29, 1.82) is 0 Å². The van der Waals surface area contributed by atoms with Gasteiger partial charge < -0.3 is 29.1 Å². The van der Waals surface area contributed by atoms with E-state index in [1.165, 1.54) is 17.9 Å². The summed E-state index contributed by atoms with van der Waals surface area (Å²) < 4.78 is 54.6. The number of nitrogens with one attached hydrogen (secondary N) is 1. The van der Waals surface area contributed by atoms with E-state index in [0.29, 0.717) is 24.1 Å². The van der Waals surface area contributed by atoms with Gasteiger partial charge in [0.25, 0.3) is 11.8 Å². The van der Waals surface area contributed by atoms with Gasteiger partial charge in [-0.05, 0) is 12.5 Å². The predicted molar refractivity (Wildman–Crippen MR) is 148 cm³/mol. The van der Waals surface area contributed by atoms with E-state index in [9.17, 15) is 27.6 Å². The van der Waals surface area contributed by atoms with Crippen LogP contribution >= 0.6 is 0 Å². The molecule has 0 saturated heterocycles. The monoisotopic (exact) mass is 598 g/mol.